The third-order valence-corrected chi connectivity index (χ3v) is 4.96. The fourth-order valence-electron chi connectivity index (χ4n) is 1.16. The third kappa shape index (κ3) is 4.65. The molecular formula is C12H23N3OS2. The molecule has 0 spiro atoms. The molecule has 1 unspecified atom stereocenters. The molecule has 0 fully saturated rings. The molecule has 1 aromatic heterocycles. The largest absolute Gasteiger partial charge is 0.359 e. The van der Waals surface area contributed by atoms with Crippen molar-refractivity contribution in [2.75, 3.05) is 17.6 Å². The number of nitrogens with one attached hydrogen (secondary N) is 1. The van der Waals surface area contributed by atoms with Gasteiger partial charge in [0.2, 0.25) is 5.13 Å². The molecule has 0 aliphatic heterocycles. The van der Waals surface area contributed by atoms with Crippen LogP contribution in [-0.4, -0.2) is 30.6 Å². The molecule has 1 heterocycles. The summed E-state index contributed by atoms with van der Waals surface area (Å²) in [4.78, 5) is 4.44. The average Bonchev–Trinajstić information content (AvgIpc) is 2.64. The van der Waals surface area contributed by atoms with Gasteiger partial charge in [0, 0.05) is 44.8 Å². The van der Waals surface area contributed by atoms with Gasteiger partial charge < -0.3 is 5.32 Å². The number of nitrogens with zero attached hydrogens (tertiary/aromatic N) is 2. The van der Waals surface area contributed by atoms with Gasteiger partial charge in [-0.3, -0.25) is 4.21 Å². The SMILES string of the molecule is CC(C)(C)c1nsc(NCCS(=O)C(C)(C)C)n1. The lowest BCUT2D eigenvalue weighted by molar-refractivity contribution is 0.555. The zero-order chi connectivity index (χ0) is 14.0. The van der Waals surface area contributed by atoms with Crippen molar-refractivity contribution in [1.82, 2.24) is 9.36 Å². The summed E-state index contributed by atoms with van der Waals surface area (Å²) in [5.74, 6) is 1.49. The number of aromatic nitrogens is 2. The number of rotatable bonds is 4. The minimum atomic E-state index is -0.827. The van der Waals surface area contributed by atoms with Crippen molar-refractivity contribution in [1.29, 1.82) is 0 Å². The second kappa shape index (κ2) is 5.65. The minimum Gasteiger partial charge on any atom is -0.359 e. The number of anilines is 1. The van der Waals surface area contributed by atoms with Crippen molar-refractivity contribution in [3.05, 3.63) is 5.82 Å². The molecule has 1 rings (SSSR count). The molecule has 4 nitrogen and oxygen atoms in total. The third-order valence-electron chi connectivity index (χ3n) is 2.34. The lowest BCUT2D eigenvalue weighted by Gasteiger charge is -2.17. The van der Waals surface area contributed by atoms with Crippen molar-refractivity contribution in [3.63, 3.8) is 0 Å². The summed E-state index contributed by atoms with van der Waals surface area (Å²) in [6.45, 7) is 12.9. The van der Waals surface area contributed by atoms with Gasteiger partial charge in [0.1, 0.15) is 5.82 Å². The van der Waals surface area contributed by atoms with E-state index in [1.54, 1.807) is 0 Å². The lowest BCUT2D eigenvalue weighted by atomic mass is 9.96. The minimum absolute atomic E-state index is 0.0232. The van der Waals surface area contributed by atoms with Gasteiger partial charge >= 0.3 is 0 Å². The van der Waals surface area contributed by atoms with Gasteiger partial charge in [-0.25, -0.2) is 4.98 Å². The first-order valence-electron chi connectivity index (χ1n) is 6.07. The van der Waals surface area contributed by atoms with Crippen LogP contribution in [-0.2, 0) is 16.2 Å². The summed E-state index contributed by atoms with van der Waals surface area (Å²) in [5.41, 5.74) is -0.0232. The van der Waals surface area contributed by atoms with E-state index in [0.717, 1.165) is 11.0 Å². The summed E-state index contributed by atoms with van der Waals surface area (Å²) in [7, 11) is -0.827. The highest BCUT2D eigenvalue weighted by molar-refractivity contribution is 7.86. The molecule has 18 heavy (non-hydrogen) atoms. The highest BCUT2D eigenvalue weighted by Gasteiger charge is 2.20. The maximum absolute atomic E-state index is 11.9. The standard InChI is InChI=1S/C12H23N3OS2/c1-11(2,3)9-14-10(17-15-9)13-7-8-18(16)12(4,5)6/h7-8H2,1-6H3,(H,13,14,15). The van der Waals surface area contributed by atoms with Gasteiger partial charge in [-0.05, 0) is 20.8 Å². The number of hydrogen-bond donors (Lipinski definition) is 1. The van der Waals surface area contributed by atoms with E-state index in [4.69, 9.17) is 0 Å². The van der Waals surface area contributed by atoms with Crippen LogP contribution in [0.3, 0.4) is 0 Å². The van der Waals surface area contributed by atoms with E-state index in [-0.39, 0.29) is 10.2 Å². The van der Waals surface area contributed by atoms with Crippen molar-refractivity contribution in [3.8, 4) is 0 Å². The zero-order valence-electron chi connectivity index (χ0n) is 12.0. The summed E-state index contributed by atoms with van der Waals surface area (Å²) in [6.07, 6.45) is 0. The van der Waals surface area contributed by atoms with E-state index in [1.165, 1.54) is 11.5 Å². The second-order valence-corrected chi connectivity index (χ2v) is 9.34. The second-order valence-electron chi connectivity index (χ2n) is 6.26. The van der Waals surface area contributed by atoms with Gasteiger partial charge in [0.25, 0.3) is 0 Å². The van der Waals surface area contributed by atoms with Crippen LogP contribution in [0.25, 0.3) is 0 Å². The van der Waals surface area contributed by atoms with E-state index in [0.29, 0.717) is 12.3 Å². The molecule has 0 amide bonds. The van der Waals surface area contributed by atoms with Crippen LogP contribution in [0.15, 0.2) is 0 Å². The molecule has 0 saturated carbocycles. The van der Waals surface area contributed by atoms with Crippen molar-refractivity contribution < 1.29 is 4.21 Å². The molecular weight excluding hydrogens is 266 g/mol. The summed E-state index contributed by atoms with van der Waals surface area (Å²) in [5, 5.41) is 4.00. The molecule has 6 heteroatoms. The fraction of sp³-hybridized carbons (Fsp3) is 0.833. The molecule has 1 N–H and O–H groups in total. The Kier molecular flexibility index (Phi) is 4.89. The predicted octanol–water partition coefficient (Wildman–Crippen LogP) is 2.79. The van der Waals surface area contributed by atoms with Crippen LogP contribution in [0.4, 0.5) is 5.13 Å². The molecule has 0 aromatic carbocycles. The van der Waals surface area contributed by atoms with E-state index in [9.17, 15) is 4.21 Å². The Balaban J connectivity index is 2.46. The van der Waals surface area contributed by atoms with Crippen LogP contribution < -0.4 is 5.32 Å². The maximum Gasteiger partial charge on any atom is 0.202 e. The highest BCUT2D eigenvalue weighted by atomic mass is 32.2. The highest BCUT2D eigenvalue weighted by Crippen LogP contribution is 2.22. The van der Waals surface area contributed by atoms with Gasteiger partial charge in [0.15, 0.2) is 0 Å². The molecule has 0 radical (unpaired) electrons. The number of hydrogen-bond acceptors (Lipinski definition) is 5. The van der Waals surface area contributed by atoms with Crippen LogP contribution >= 0.6 is 11.5 Å². The Labute approximate surface area is 116 Å². The van der Waals surface area contributed by atoms with Crippen LogP contribution in [0.1, 0.15) is 47.4 Å². The van der Waals surface area contributed by atoms with E-state index >= 15 is 0 Å². The first-order chi connectivity index (χ1) is 8.10. The first kappa shape index (κ1) is 15.6. The Morgan fingerprint density at radius 3 is 2.28 bits per heavy atom. The maximum atomic E-state index is 11.9. The molecule has 0 aliphatic rings. The van der Waals surface area contributed by atoms with E-state index in [1.807, 2.05) is 20.8 Å². The Bertz CT molecular complexity index is 416. The van der Waals surface area contributed by atoms with E-state index in [2.05, 4.69) is 35.4 Å². The van der Waals surface area contributed by atoms with Gasteiger partial charge in [0.05, 0.1) is 0 Å². The van der Waals surface area contributed by atoms with Gasteiger partial charge in [-0.1, -0.05) is 20.8 Å². The molecule has 0 aliphatic carbocycles. The Morgan fingerprint density at radius 1 is 1.22 bits per heavy atom. The van der Waals surface area contributed by atoms with Crippen molar-refractivity contribution in [2.24, 2.45) is 0 Å². The summed E-state index contributed by atoms with van der Waals surface area (Å²) >= 11 is 1.36. The van der Waals surface area contributed by atoms with Gasteiger partial charge in [-0.2, -0.15) is 4.37 Å². The Hall–Kier alpha value is -0.490. The molecule has 1 atom stereocenters. The van der Waals surface area contributed by atoms with Crippen LogP contribution in [0, 0.1) is 0 Å². The Morgan fingerprint density at radius 2 is 1.83 bits per heavy atom. The first-order valence-corrected chi connectivity index (χ1v) is 8.16. The monoisotopic (exact) mass is 289 g/mol. The molecule has 1 aromatic rings. The molecule has 0 saturated heterocycles. The summed E-state index contributed by atoms with van der Waals surface area (Å²) < 4.78 is 16.0. The van der Waals surface area contributed by atoms with E-state index < -0.39 is 10.8 Å². The summed E-state index contributed by atoms with van der Waals surface area (Å²) in [6, 6.07) is 0. The average molecular weight is 289 g/mol. The predicted molar refractivity (Wildman–Crippen MR) is 79.9 cm³/mol. The smallest absolute Gasteiger partial charge is 0.202 e. The van der Waals surface area contributed by atoms with Crippen molar-refractivity contribution >= 4 is 27.5 Å². The van der Waals surface area contributed by atoms with Crippen LogP contribution in [0.5, 0.6) is 0 Å². The molecule has 0 bridgehead atoms. The van der Waals surface area contributed by atoms with Crippen molar-refractivity contribution in [2.45, 2.75) is 51.7 Å². The molecule has 104 valence electrons. The fourth-order valence-corrected chi connectivity index (χ4v) is 2.84. The zero-order valence-corrected chi connectivity index (χ0v) is 13.7. The lowest BCUT2D eigenvalue weighted by Crippen LogP contribution is -2.27. The van der Waals surface area contributed by atoms with Gasteiger partial charge in [-0.15, -0.1) is 0 Å². The topological polar surface area (TPSA) is 54.9 Å². The quantitative estimate of drug-likeness (QED) is 0.926. The normalized spacial score (nSPS) is 14.6. The van der Waals surface area contributed by atoms with Crippen LogP contribution in [0.2, 0.25) is 0 Å².